The quantitative estimate of drug-likeness (QED) is 0.0857. The number of carbonyl (C=O) groups is 3. The molecule has 1 N–H and O–H groups in total. The molecule has 0 aliphatic rings. The molecule has 4 aromatic rings. The molecular weight excluding hydrogens is 576 g/mol. The summed E-state index contributed by atoms with van der Waals surface area (Å²) in [6, 6.07) is 30.3. The minimum atomic E-state index is -0.715. The molecule has 8 heteroatoms. The molecule has 0 aliphatic heterocycles. The first-order chi connectivity index (χ1) is 21.4. The van der Waals surface area contributed by atoms with Crippen LogP contribution in [0.15, 0.2) is 103 Å². The Kier molecular flexibility index (Phi) is 12.0. The molecule has 0 bridgehead atoms. The first-order valence-corrected chi connectivity index (χ1v) is 15.1. The Hall–Kier alpha value is -4.62. The van der Waals surface area contributed by atoms with Gasteiger partial charge in [-0.1, -0.05) is 85.3 Å². The fourth-order valence-electron chi connectivity index (χ4n) is 4.84. The van der Waals surface area contributed by atoms with Crippen LogP contribution in [0.4, 0.5) is 11.4 Å². The summed E-state index contributed by atoms with van der Waals surface area (Å²) in [6.07, 6.45) is 2.17. The summed E-state index contributed by atoms with van der Waals surface area (Å²) in [5.41, 5.74) is 3.19. The summed E-state index contributed by atoms with van der Waals surface area (Å²) in [6.45, 7) is 2.88. The van der Waals surface area contributed by atoms with E-state index in [9.17, 15) is 14.4 Å². The number of rotatable bonds is 15. The second-order valence-corrected chi connectivity index (χ2v) is 10.7. The van der Waals surface area contributed by atoms with Crippen LogP contribution in [-0.4, -0.2) is 44.0 Å². The lowest BCUT2D eigenvalue weighted by atomic mass is 10.00. The first-order valence-electron chi connectivity index (χ1n) is 14.7. The van der Waals surface area contributed by atoms with Crippen molar-refractivity contribution in [2.45, 2.75) is 38.6 Å². The summed E-state index contributed by atoms with van der Waals surface area (Å²) in [5.74, 6) is 0.140. The predicted octanol–water partition coefficient (Wildman–Crippen LogP) is 7.37. The molecule has 44 heavy (non-hydrogen) atoms. The first kappa shape index (κ1) is 32.3. The van der Waals surface area contributed by atoms with Gasteiger partial charge in [0.15, 0.2) is 5.78 Å². The van der Waals surface area contributed by atoms with E-state index in [0.717, 1.165) is 12.0 Å². The molecule has 0 aliphatic carbocycles. The molecule has 7 nitrogen and oxygen atoms in total. The third-order valence-electron chi connectivity index (χ3n) is 7.09. The summed E-state index contributed by atoms with van der Waals surface area (Å²) < 4.78 is 11.0. The second kappa shape index (κ2) is 16.3. The highest BCUT2D eigenvalue weighted by Crippen LogP contribution is 2.27. The number of ketones is 1. The van der Waals surface area contributed by atoms with E-state index in [1.54, 1.807) is 41.3 Å². The summed E-state index contributed by atoms with van der Waals surface area (Å²) in [4.78, 5) is 40.4. The van der Waals surface area contributed by atoms with Crippen molar-refractivity contribution in [1.82, 2.24) is 0 Å². The lowest BCUT2D eigenvalue weighted by Crippen LogP contribution is -2.33. The number of benzene rings is 4. The lowest BCUT2D eigenvalue weighted by Gasteiger charge is -2.24. The van der Waals surface area contributed by atoms with Crippen molar-refractivity contribution >= 4 is 40.6 Å². The average Bonchev–Trinajstić information content (AvgIpc) is 3.05. The van der Waals surface area contributed by atoms with Gasteiger partial charge < -0.3 is 19.7 Å². The molecule has 0 saturated heterocycles. The van der Waals surface area contributed by atoms with Crippen molar-refractivity contribution < 1.29 is 23.9 Å². The Bertz CT molecular complexity index is 1540. The van der Waals surface area contributed by atoms with Gasteiger partial charge in [0.2, 0.25) is 5.91 Å². The number of nitrogens with zero attached hydrogens (tertiary/aromatic N) is 1. The maximum Gasteiger partial charge on any atom is 0.328 e. The van der Waals surface area contributed by atoms with Gasteiger partial charge in [0.25, 0.3) is 0 Å². The number of hydrogen-bond donors (Lipinski definition) is 1. The number of ether oxygens (including phenoxy) is 2. The van der Waals surface area contributed by atoms with Gasteiger partial charge >= 0.3 is 5.97 Å². The molecule has 1 amide bonds. The van der Waals surface area contributed by atoms with E-state index in [-0.39, 0.29) is 11.7 Å². The molecule has 4 aromatic carbocycles. The van der Waals surface area contributed by atoms with Crippen molar-refractivity contribution in [3.05, 3.63) is 125 Å². The van der Waals surface area contributed by atoms with Crippen molar-refractivity contribution in [2.75, 3.05) is 30.5 Å². The summed E-state index contributed by atoms with van der Waals surface area (Å²) in [5, 5.41) is 3.77. The molecule has 0 heterocycles. The number of hydrogen-bond acceptors (Lipinski definition) is 6. The zero-order chi connectivity index (χ0) is 31.3. The normalized spacial score (nSPS) is 11.3. The van der Waals surface area contributed by atoms with E-state index in [0.29, 0.717) is 65.7 Å². The van der Waals surface area contributed by atoms with E-state index in [4.69, 9.17) is 21.1 Å². The zero-order valence-corrected chi connectivity index (χ0v) is 25.8. The molecule has 0 saturated carbocycles. The minimum Gasteiger partial charge on any atom is -0.494 e. The van der Waals surface area contributed by atoms with Crippen LogP contribution < -0.4 is 15.0 Å². The Morgan fingerprint density at radius 3 is 2.25 bits per heavy atom. The molecule has 1 unspecified atom stereocenters. The van der Waals surface area contributed by atoms with Crippen LogP contribution in [0.5, 0.6) is 5.75 Å². The average molecular weight is 613 g/mol. The number of para-hydroxylation sites is 2. The summed E-state index contributed by atoms with van der Waals surface area (Å²) in [7, 11) is 1.34. The second-order valence-electron chi connectivity index (χ2n) is 10.3. The standard InChI is InChI=1S/C36H37ClN2O5/c1-3-12-34(40)39(33-18-10-8-16-30(33)37)23-11-24-44-28-21-19-26(20-22-28)25-32(36(42)43-2)38-31-17-9-7-15-29(31)35(41)27-13-5-4-6-14-27/h4-10,13-22,32,38H,3,11-12,23-25H2,1-2H3. The molecule has 4 rings (SSSR count). The number of nitrogens with one attached hydrogen (secondary N) is 1. The minimum absolute atomic E-state index is 0.0331. The third-order valence-corrected chi connectivity index (χ3v) is 7.41. The van der Waals surface area contributed by atoms with Gasteiger partial charge in [-0.25, -0.2) is 4.79 Å². The third kappa shape index (κ3) is 8.71. The molecule has 228 valence electrons. The zero-order valence-electron chi connectivity index (χ0n) is 25.0. The van der Waals surface area contributed by atoms with E-state index in [2.05, 4.69) is 5.32 Å². The van der Waals surface area contributed by atoms with Gasteiger partial charge in [0.05, 0.1) is 24.4 Å². The lowest BCUT2D eigenvalue weighted by molar-refractivity contribution is -0.141. The monoisotopic (exact) mass is 612 g/mol. The van der Waals surface area contributed by atoms with Gasteiger partial charge in [0.1, 0.15) is 11.8 Å². The van der Waals surface area contributed by atoms with Crippen LogP contribution in [0.25, 0.3) is 0 Å². The molecule has 0 aromatic heterocycles. The topological polar surface area (TPSA) is 84.9 Å². The Morgan fingerprint density at radius 2 is 1.55 bits per heavy atom. The Morgan fingerprint density at radius 1 is 0.864 bits per heavy atom. The van der Waals surface area contributed by atoms with Crippen LogP contribution in [0.1, 0.15) is 47.7 Å². The molecular formula is C36H37ClN2O5. The Labute approximate surface area is 263 Å². The van der Waals surface area contributed by atoms with Crippen LogP contribution in [0, 0.1) is 0 Å². The highest BCUT2D eigenvalue weighted by molar-refractivity contribution is 6.33. The number of methoxy groups -OCH3 is 1. The van der Waals surface area contributed by atoms with Gasteiger partial charge in [0, 0.05) is 36.2 Å². The van der Waals surface area contributed by atoms with Gasteiger partial charge in [-0.2, -0.15) is 0 Å². The van der Waals surface area contributed by atoms with Crippen molar-refractivity contribution in [3.8, 4) is 5.75 Å². The van der Waals surface area contributed by atoms with E-state index >= 15 is 0 Å². The highest BCUT2D eigenvalue weighted by Gasteiger charge is 2.23. The molecule has 1 atom stereocenters. The summed E-state index contributed by atoms with van der Waals surface area (Å²) >= 11 is 6.37. The van der Waals surface area contributed by atoms with Crippen LogP contribution >= 0.6 is 11.6 Å². The smallest absolute Gasteiger partial charge is 0.328 e. The maximum atomic E-state index is 13.2. The van der Waals surface area contributed by atoms with Gasteiger partial charge in [-0.15, -0.1) is 0 Å². The van der Waals surface area contributed by atoms with E-state index < -0.39 is 12.0 Å². The van der Waals surface area contributed by atoms with Crippen LogP contribution in [0.2, 0.25) is 5.02 Å². The van der Waals surface area contributed by atoms with Crippen molar-refractivity contribution in [1.29, 1.82) is 0 Å². The number of anilines is 2. The van der Waals surface area contributed by atoms with Gasteiger partial charge in [-0.3, -0.25) is 9.59 Å². The highest BCUT2D eigenvalue weighted by atomic mass is 35.5. The van der Waals surface area contributed by atoms with Crippen LogP contribution in [0.3, 0.4) is 0 Å². The fourth-order valence-corrected chi connectivity index (χ4v) is 5.08. The SMILES string of the molecule is CCCC(=O)N(CCCOc1ccc(CC(Nc2ccccc2C(=O)c2ccccc2)C(=O)OC)cc1)c1ccccc1Cl. The van der Waals surface area contributed by atoms with E-state index in [1.165, 1.54) is 7.11 Å². The molecule has 0 fully saturated rings. The molecule has 0 radical (unpaired) electrons. The number of amides is 1. The van der Waals surface area contributed by atoms with Crippen LogP contribution in [-0.2, 0) is 20.7 Å². The number of esters is 1. The van der Waals surface area contributed by atoms with Crippen molar-refractivity contribution in [2.24, 2.45) is 0 Å². The fraction of sp³-hybridized carbons (Fsp3) is 0.250. The number of halogens is 1. The number of carbonyl (C=O) groups excluding carboxylic acids is 3. The van der Waals surface area contributed by atoms with Gasteiger partial charge in [-0.05, 0) is 54.8 Å². The Balaban J connectivity index is 1.37. The van der Waals surface area contributed by atoms with Crippen molar-refractivity contribution in [3.63, 3.8) is 0 Å². The predicted molar refractivity (Wildman–Crippen MR) is 175 cm³/mol. The van der Waals surface area contributed by atoms with E-state index in [1.807, 2.05) is 73.7 Å². The largest absolute Gasteiger partial charge is 0.494 e. The maximum absolute atomic E-state index is 13.2. The molecule has 0 spiro atoms.